The molecule has 0 aliphatic carbocycles. The number of urea groups is 1. The SMILES string of the molecule is CCC(C)N(CCO)C(=O)Nc1ncc(C(C)C)s1. The number of aromatic nitrogens is 1. The standard InChI is InChI=1S/C13H23N3O2S/c1-5-10(4)16(6-7-17)13(18)15-12-14-8-11(19-12)9(2)3/h8-10,17H,5-7H2,1-4H3,(H,14,15,18). The first kappa shape index (κ1) is 15.9. The minimum absolute atomic E-state index is 0.0348. The highest BCUT2D eigenvalue weighted by Crippen LogP contribution is 2.25. The predicted octanol–water partition coefficient (Wildman–Crippen LogP) is 2.89. The maximum Gasteiger partial charge on any atom is 0.323 e. The Labute approximate surface area is 118 Å². The third kappa shape index (κ3) is 4.47. The van der Waals surface area contributed by atoms with Crippen LogP contribution in [0, 0.1) is 0 Å². The fourth-order valence-corrected chi connectivity index (χ4v) is 2.43. The Kier molecular flexibility index (Phi) is 6.24. The van der Waals surface area contributed by atoms with Gasteiger partial charge in [-0.2, -0.15) is 0 Å². The molecule has 0 spiro atoms. The van der Waals surface area contributed by atoms with Crippen LogP contribution in [0.5, 0.6) is 0 Å². The third-order valence-corrected chi connectivity index (χ3v) is 4.24. The lowest BCUT2D eigenvalue weighted by Gasteiger charge is -2.27. The van der Waals surface area contributed by atoms with Crippen molar-refractivity contribution in [2.45, 2.75) is 46.1 Å². The lowest BCUT2D eigenvalue weighted by molar-refractivity contribution is 0.165. The number of anilines is 1. The number of aliphatic hydroxyl groups is 1. The van der Waals surface area contributed by atoms with E-state index in [1.807, 2.05) is 13.8 Å². The molecular formula is C13H23N3O2S. The van der Waals surface area contributed by atoms with Crippen LogP contribution in [0.4, 0.5) is 9.93 Å². The fraction of sp³-hybridized carbons (Fsp3) is 0.692. The number of carbonyl (C=O) groups is 1. The fourth-order valence-electron chi connectivity index (χ4n) is 1.62. The number of hydrogen-bond acceptors (Lipinski definition) is 4. The third-order valence-electron chi connectivity index (χ3n) is 3.03. The maximum absolute atomic E-state index is 12.2. The molecule has 0 saturated carbocycles. The van der Waals surface area contributed by atoms with E-state index in [9.17, 15) is 4.79 Å². The summed E-state index contributed by atoms with van der Waals surface area (Å²) in [6.45, 7) is 8.47. The van der Waals surface area contributed by atoms with Gasteiger partial charge in [0.15, 0.2) is 5.13 Å². The highest BCUT2D eigenvalue weighted by atomic mass is 32.1. The molecule has 0 bridgehead atoms. The van der Waals surface area contributed by atoms with Crippen molar-refractivity contribution in [2.24, 2.45) is 0 Å². The second-order valence-corrected chi connectivity index (χ2v) is 5.89. The van der Waals surface area contributed by atoms with Gasteiger partial charge in [0.1, 0.15) is 0 Å². The lowest BCUT2D eigenvalue weighted by Crippen LogP contribution is -2.42. The van der Waals surface area contributed by atoms with Gasteiger partial charge in [-0.3, -0.25) is 5.32 Å². The number of aliphatic hydroxyl groups excluding tert-OH is 1. The molecule has 0 aliphatic rings. The molecule has 2 N–H and O–H groups in total. The summed E-state index contributed by atoms with van der Waals surface area (Å²) in [4.78, 5) is 19.1. The van der Waals surface area contributed by atoms with Crippen molar-refractivity contribution in [3.63, 3.8) is 0 Å². The van der Waals surface area contributed by atoms with Gasteiger partial charge in [-0.1, -0.05) is 20.8 Å². The second kappa shape index (κ2) is 7.45. The first-order valence-corrected chi connectivity index (χ1v) is 7.45. The molecule has 0 fully saturated rings. The van der Waals surface area contributed by atoms with Crippen LogP contribution in [0.3, 0.4) is 0 Å². The van der Waals surface area contributed by atoms with Crippen molar-refractivity contribution < 1.29 is 9.90 Å². The van der Waals surface area contributed by atoms with E-state index in [-0.39, 0.29) is 18.7 Å². The molecule has 1 atom stereocenters. The number of thiazole rings is 1. The second-order valence-electron chi connectivity index (χ2n) is 4.83. The normalized spacial score (nSPS) is 12.5. The number of carbonyl (C=O) groups excluding carboxylic acids is 1. The van der Waals surface area contributed by atoms with E-state index in [0.29, 0.717) is 17.6 Å². The molecule has 19 heavy (non-hydrogen) atoms. The Morgan fingerprint density at radius 3 is 2.68 bits per heavy atom. The lowest BCUT2D eigenvalue weighted by atomic mass is 10.2. The number of amides is 2. The van der Waals surface area contributed by atoms with E-state index in [4.69, 9.17) is 5.11 Å². The van der Waals surface area contributed by atoms with E-state index in [2.05, 4.69) is 24.1 Å². The van der Waals surface area contributed by atoms with Gasteiger partial charge in [-0.05, 0) is 19.3 Å². The molecule has 1 aromatic heterocycles. The molecule has 1 rings (SSSR count). The van der Waals surface area contributed by atoms with E-state index in [0.717, 1.165) is 11.3 Å². The van der Waals surface area contributed by atoms with Crippen molar-refractivity contribution in [1.29, 1.82) is 0 Å². The Morgan fingerprint density at radius 1 is 1.53 bits per heavy atom. The molecule has 0 aromatic carbocycles. The minimum Gasteiger partial charge on any atom is -0.395 e. The summed E-state index contributed by atoms with van der Waals surface area (Å²) in [5, 5.41) is 12.4. The predicted molar refractivity (Wildman–Crippen MR) is 78.8 cm³/mol. The van der Waals surface area contributed by atoms with Gasteiger partial charge in [0.2, 0.25) is 0 Å². The molecule has 0 saturated heterocycles. The van der Waals surface area contributed by atoms with Gasteiger partial charge in [0.25, 0.3) is 0 Å². The highest BCUT2D eigenvalue weighted by molar-refractivity contribution is 7.15. The molecular weight excluding hydrogens is 262 g/mol. The van der Waals surface area contributed by atoms with Gasteiger partial charge >= 0.3 is 6.03 Å². The Hall–Kier alpha value is -1.14. The smallest absolute Gasteiger partial charge is 0.323 e. The van der Waals surface area contributed by atoms with Crippen molar-refractivity contribution >= 4 is 22.5 Å². The van der Waals surface area contributed by atoms with Crippen LogP contribution >= 0.6 is 11.3 Å². The number of hydrogen-bond donors (Lipinski definition) is 2. The van der Waals surface area contributed by atoms with E-state index in [1.54, 1.807) is 11.1 Å². The Morgan fingerprint density at radius 2 is 2.21 bits per heavy atom. The first-order valence-electron chi connectivity index (χ1n) is 6.63. The molecule has 108 valence electrons. The zero-order chi connectivity index (χ0) is 14.4. The molecule has 1 aromatic rings. The van der Waals surface area contributed by atoms with Gasteiger partial charge in [-0.15, -0.1) is 11.3 Å². The monoisotopic (exact) mass is 285 g/mol. The van der Waals surface area contributed by atoms with E-state index < -0.39 is 0 Å². The molecule has 5 nitrogen and oxygen atoms in total. The van der Waals surface area contributed by atoms with E-state index >= 15 is 0 Å². The Bertz CT molecular complexity index is 406. The topological polar surface area (TPSA) is 65.5 Å². The molecule has 0 aliphatic heterocycles. The van der Waals surface area contributed by atoms with Crippen LogP contribution < -0.4 is 5.32 Å². The van der Waals surface area contributed by atoms with Crippen molar-refractivity contribution in [3.05, 3.63) is 11.1 Å². The number of nitrogens with one attached hydrogen (secondary N) is 1. The van der Waals surface area contributed by atoms with Crippen molar-refractivity contribution in [1.82, 2.24) is 9.88 Å². The van der Waals surface area contributed by atoms with Crippen molar-refractivity contribution in [3.8, 4) is 0 Å². The number of rotatable bonds is 6. The van der Waals surface area contributed by atoms with Crippen LogP contribution in [-0.4, -0.2) is 40.2 Å². The summed E-state index contributed by atoms with van der Waals surface area (Å²) < 4.78 is 0. The summed E-state index contributed by atoms with van der Waals surface area (Å²) in [5.41, 5.74) is 0. The van der Waals surface area contributed by atoms with Gasteiger partial charge < -0.3 is 10.0 Å². The molecule has 1 heterocycles. The van der Waals surface area contributed by atoms with Crippen LogP contribution in [0.2, 0.25) is 0 Å². The van der Waals surface area contributed by atoms with E-state index in [1.165, 1.54) is 11.3 Å². The number of nitrogens with zero attached hydrogens (tertiary/aromatic N) is 2. The van der Waals surface area contributed by atoms with Gasteiger partial charge in [0, 0.05) is 23.7 Å². The average molecular weight is 285 g/mol. The molecule has 0 radical (unpaired) electrons. The summed E-state index contributed by atoms with van der Waals surface area (Å²) in [5.74, 6) is 0.409. The molecule has 6 heteroatoms. The average Bonchev–Trinajstić information content (AvgIpc) is 2.83. The van der Waals surface area contributed by atoms with Crippen molar-refractivity contribution in [2.75, 3.05) is 18.5 Å². The summed E-state index contributed by atoms with van der Waals surface area (Å²) in [7, 11) is 0. The summed E-state index contributed by atoms with van der Waals surface area (Å²) >= 11 is 1.49. The van der Waals surface area contributed by atoms with Crippen LogP contribution in [-0.2, 0) is 0 Å². The van der Waals surface area contributed by atoms with Gasteiger partial charge in [0.05, 0.1) is 6.61 Å². The molecule has 1 unspecified atom stereocenters. The zero-order valence-electron chi connectivity index (χ0n) is 12.0. The highest BCUT2D eigenvalue weighted by Gasteiger charge is 2.19. The largest absolute Gasteiger partial charge is 0.395 e. The van der Waals surface area contributed by atoms with Crippen LogP contribution in [0.25, 0.3) is 0 Å². The molecule has 2 amide bonds. The van der Waals surface area contributed by atoms with Crippen LogP contribution in [0.15, 0.2) is 6.20 Å². The minimum atomic E-state index is -0.201. The zero-order valence-corrected chi connectivity index (χ0v) is 12.8. The quantitative estimate of drug-likeness (QED) is 0.844. The summed E-state index contributed by atoms with van der Waals surface area (Å²) in [6.07, 6.45) is 2.65. The Balaban J connectivity index is 2.69. The van der Waals surface area contributed by atoms with Crippen LogP contribution in [0.1, 0.15) is 44.9 Å². The van der Waals surface area contributed by atoms with Gasteiger partial charge in [-0.25, -0.2) is 9.78 Å². The maximum atomic E-state index is 12.2. The first-order chi connectivity index (χ1) is 8.99. The summed E-state index contributed by atoms with van der Waals surface area (Å²) in [6, 6.07) is -0.107.